The van der Waals surface area contributed by atoms with E-state index in [0.717, 1.165) is 51.2 Å². The highest BCUT2D eigenvalue weighted by molar-refractivity contribution is 6.09. The average molecular weight is 728 g/mol. The SMILES string of the molecule is c1ccc(-c2cc(-c3cccc(CC4c5ccccc5-c5cc(-c6ccc7c8cccnc8n(-c8ccccc8)c7c6)ccc54)c3)cc(-c3ccccc3)n2)cc1. The molecule has 0 fully saturated rings. The Morgan fingerprint density at radius 3 is 1.82 bits per heavy atom. The Morgan fingerprint density at radius 2 is 1.05 bits per heavy atom. The maximum absolute atomic E-state index is 5.12. The van der Waals surface area contributed by atoms with E-state index in [1.807, 2.05) is 12.3 Å². The number of benzene rings is 7. The van der Waals surface area contributed by atoms with Gasteiger partial charge in [0, 0.05) is 39.7 Å². The molecule has 268 valence electrons. The van der Waals surface area contributed by atoms with Crippen molar-refractivity contribution in [3.8, 4) is 61.6 Å². The summed E-state index contributed by atoms with van der Waals surface area (Å²) >= 11 is 0. The van der Waals surface area contributed by atoms with Crippen LogP contribution in [0, 0.1) is 0 Å². The lowest BCUT2D eigenvalue weighted by molar-refractivity contribution is 0.827. The van der Waals surface area contributed by atoms with E-state index in [9.17, 15) is 0 Å². The molecule has 1 unspecified atom stereocenters. The largest absolute Gasteiger partial charge is 0.294 e. The van der Waals surface area contributed by atoms with Gasteiger partial charge >= 0.3 is 0 Å². The fourth-order valence-corrected chi connectivity index (χ4v) is 8.89. The van der Waals surface area contributed by atoms with Crippen LogP contribution in [-0.2, 0) is 6.42 Å². The molecule has 0 spiro atoms. The minimum absolute atomic E-state index is 0.256. The summed E-state index contributed by atoms with van der Waals surface area (Å²) in [5.74, 6) is 0.256. The van der Waals surface area contributed by atoms with Gasteiger partial charge in [0.15, 0.2) is 0 Å². The number of aromatic nitrogens is 3. The van der Waals surface area contributed by atoms with Crippen LogP contribution >= 0.6 is 0 Å². The zero-order valence-corrected chi connectivity index (χ0v) is 31.3. The Bertz CT molecular complexity index is 3030. The van der Waals surface area contributed by atoms with Crippen molar-refractivity contribution < 1.29 is 0 Å². The van der Waals surface area contributed by atoms with Crippen LogP contribution in [0.5, 0.6) is 0 Å². The van der Waals surface area contributed by atoms with Crippen LogP contribution in [0.3, 0.4) is 0 Å². The molecule has 3 nitrogen and oxygen atoms in total. The molecule has 0 amide bonds. The first kappa shape index (κ1) is 33.0. The fourth-order valence-electron chi connectivity index (χ4n) is 8.89. The summed E-state index contributed by atoms with van der Waals surface area (Å²) in [7, 11) is 0. The molecule has 0 aliphatic heterocycles. The highest BCUT2D eigenvalue weighted by atomic mass is 15.0. The summed E-state index contributed by atoms with van der Waals surface area (Å²) in [6.07, 6.45) is 2.80. The maximum Gasteiger partial charge on any atom is 0.145 e. The molecule has 1 atom stereocenters. The molecule has 10 aromatic rings. The van der Waals surface area contributed by atoms with Gasteiger partial charge < -0.3 is 0 Å². The van der Waals surface area contributed by atoms with Crippen molar-refractivity contribution in [1.29, 1.82) is 0 Å². The second-order valence-corrected chi connectivity index (χ2v) is 15.0. The number of hydrogen-bond acceptors (Lipinski definition) is 2. The fraction of sp³-hybridized carbons (Fsp3) is 0.0370. The first-order valence-electron chi connectivity index (χ1n) is 19.7. The van der Waals surface area contributed by atoms with Crippen LogP contribution in [-0.4, -0.2) is 14.5 Å². The van der Waals surface area contributed by atoms with Crippen LogP contribution in [0.2, 0.25) is 0 Å². The summed E-state index contributed by atoms with van der Waals surface area (Å²) in [4.78, 5) is 9.95. The highest BCUT2D eigenvalue weighted by Crippen LogP contribution is 2.48. The molecule has 57 heavy (non-hydrogen) atoms. The van der Waals surface area contributed by atoms with Crippen molar-refractivity contribution in [2.75, 3.05) is 0 Å². The molecular weight excluding hydrogens is 691 g/mol. The molecule has 3 heterocycles. The third kappa shape index (κ3) is 5.84. The van der Waals surface area contributed by atoms with Gasteiger partial charge in [-0.2, -0.15) is 0 Å². The summed E-state index contributed by atoms with van der Waals surface area (Å²) < 4.78 is 2.29. The van der Waals surface area contributed by atoms with Gasteiger partial charge in [0.25, 0.3) is 0 Å². The molecule has 0 saturated carbocycles. The zero-order chi connectivity index (χ0) is 37.7. The Labute approximate surface area is 332 Å². The van der Waals surface area contributed by atoms with Crippen molar-refractivity contribution in [2.45, 2.75) is 12.3 Å². The van der Waals surface area contributed by atoms with E-state index in [-0.39, 0.29) is 5.92 Å². The number of rotatable bonds is 7. The molecule has 0 saturated heterocycles. The topological polar surface area (TPSA) is 30.7 Å². The van der Waals surface area contributed by atoms with Gasteiger partial charge in [0.2, 0.25) is 0 Å². The maximum atomic E-state index is 5.12. The Hall–Kier alpha value is -7.36. The lowest BCUT2D eigenvalue weighted by atomic mass is 9.88. The van der Waals surface area contributed by atoms with Gasteiger partial charge in [0.05, 0.1) is 16.9 Å². The van der Waals surface area contributed by atoms with Crippen LogP contribution in [0.25, 0.3) is 83.5 Å². The number of pyridine rings is 2. The Balaban J connectivity index is 0.968. The molecule has 0 N–H and O–H groups in total. The van der Waals surface area contributed by atoms with Crippen molar-refractivity contribution in [1.82, 2.24) is 14.5 Å². The van der Waals surface area contributed by atoms with E-state index >= 15 is 0 Å². The van der Waals surface area contributed by atoms with Gasteiger partial charge in [-0.15, -0.1) is 0 Å². The lowest BCUT2D eigenvalue weighted by Crippen LogP contribution is -2.02. The third-order valence-corrected chi connectivity index (χ3v) is 11.6. The molecule has 1 aliphatic rings. The van der Waals surface area contributed by atoms with E-state index in [1.54, 1.807) is 0 Å². The predicted molar refractivity (Wildman–Crippen MR) is 236 cm³/mol. The van der Waals surface area contributed by atoms with Gasteiger partial charge in [-0.1, -0.05) is 152 Å². The van der Waals surface area contributed by atoms with Crippen molar-refractivity contribution in [3.05, 3.63) is 223 Å². The predicted octanol–water partition coefficient (Wildman–Crippen LogP) is 13.6. The number of para-hydroxylation sites is 1. The van der Waals surface area contributed by atoms with Gasteiger partial charge in [-0.25, -0.2) is 9.97 Å². The Morgan fingerprint density at radius 1 is 0.421 bits per heavy atom. The quantitative estimate of drug-likeness (QED) is 0.164. The third-order valence-electron chi connectivity index (χ3n) is 11.6. The molecule has 0 bridgehead atoms. The average Bonchev–Trinajstić information content (AvgIpc) is 3.79. The molecule has 1 aliphatic carbocycles. The van der Waals surface area contributed by atoms with E-state index in [4.69, 9.17) is 9.97 Å². The molecule has 7 aromatic carbocycles. The minimum atomic E-state index is 0.256. The smallest absolute Gasteiger partial charge is 0.145 e. The van der Waals surface area contributed by atoms with Gasteiger partial charge in [-0.3, -0.25) is 4.57 Å². The molecule has 3 aromatic heterocycles. The molecule has 3 heteroatoms. The van der Waals surface area contributed by atoms with Crippen LogP contribution in [0.15, 0.2) is 206 Å². The number of fused-ring (bicyclic) bond motifs is 6. The first-order valence-corrected chi connectivity index (χ1v) is 19.7. The van der Waals surface area contributed by atoms with E-state index < -0.39 is 0 Å². The molecule has 11 rings (SSSR count). The first-order chi connectivity index (χ1) is 28.2. The van der Waals surface area contributed by atoms with Crippen molar-refractivity contribution in [2.24, 2.45) is 0 Å². The summed E-state index contributed by atoms with van der Waals surface area (Å²) in [5, 5.41) is 2.37. The standard InChI is InChI=1S/C54H37N3/c1-4-15-37(16-5-1)51-33-42(34-52(56-51)38-17-6-2-7-18-38)39-19-12-14-36(30-39)31-49-44-22-10-11-23-45(44)50-32-40(25-27-46(49)50)41-26-28-47-48-24-13-29-55-54(48)57(53(47)35-41)43-20-8-3-9-21-43/h1-30,32-35,49H,31H2. The summed E-state index contributed by atoms with van der Waals surface area (Å²) in [6, 6.07) is 72.2. The second kappa shape index (κ2) is 13.7. The highest BCUT2D eigenvalue weighted by Gasteiger charge is 2.29. The monoisotopic (exact) mass is 727 g/mol. The molecule has 0 radical (unpaired) electrons. The second-order valence-electron chi connectivity index (χ2n) is 15.0. The zero-order valence-electron chi connectivity index (χ0n) is 31.3. The van der Waals surface area contributed by atoms with E-state index in [1.165, 1.54) is 55.5 Å². The minimum Gasteiger partial charge on any atom is -0.294 e. The summed E-state index contributed by atoms with van der Waals surface area (Å²) in [5.41, 5.74) is 18.9. The van der Waals surface area contributed by atoms with E-state index in [0.29, 0.717) is 0 Å². The molecular formula is C54H37N3. The summed E-state index contributed by atoms with van der Waals surface area (Å²) in [6.45, 7) is 0. The Kier molecular flexibility index (Phi) is 7.96. The van der Waals surface area contributed by atoms with Gasteiger partial charge in [0.1, 0.15) is 5.65 Å². The van der Waals surface area contributed by atoms with Crippen molar-refractivity contribution in [3.63, 3.8) is 0 Å². The van der Waals surface area contributed by atoms with Crippen LogP contribution in [0.4, 0.5) is 0 Å². The van der Waals surface area contributed by atoms with Gasteiger partial charge in [-0.05, 0) is 105 Å². The van der Waals surface area contributed by atoms with Crippen molar-refractivity contribution >= 4 is 21.9 Å². The normalized spacial score (nSPS) is 13.2. The van der Waals surface area contributed by atoms with Crippen LogP contribution < -0.4 is 0 Å². The number of nitrogens with zero attached hydrogens (tertiary/aromatic N) is 3. The number of hydrogen-bond donors (Lipinski definition) is 0. The van der Waals surface area contributed by atoms with E-state index in [2.05, 4.69) is 199 Å². The lowest BCUT2D eigenvalue weighted by Gasteiger charge is -2.16. The van der Waals surface area contributed by atoms with Crippen LogP contribution in [0.1, 0.15) is 22.6 Å².